The van der Waals surface area contributed by atoms with Gasteiger partial charge in [0.15, 0.2) is 0 Å². The maximum Gasteiger partial charge on any atom is 0.254 e. The topological polar surface area (TPSA) is 49.9 Å². The van der Waals surface area contributed by atoms with Crippen molar-refractivity contribution in [2.45, 2.75) is 12.8 Å². The molecule has 1 saturated heterocycles. The van der Waals surface area contributed by atoms with Gasteiger partial charge >= 0.3 is 0 Å². The molecule has 0 atom stereocenters. The van der Waals surface area contributed by atoms with E-state index >= 15 is 0 Å². The number of rotatable bonds is 2. The van der Waals surface area contributed by atoms with E-state index in [2.05, 4.69) is 24.3 Å². The molecular formula is C22H24N2O3. The van der Waals surface area contributed by atoms with E-state index in [0.29, 0.717) is 37.4 Å². The Hall–Kier alpha value is -2.66. The molecule has 0 radical (unpaired) electrons. The molecular weight excluding hydrogens is 340 g/mol. The van der Waals surface area contributed by atoms with Gasteiger partial charge in [0.2, 0.25) is 0 Å². The van der Waals surface area contributed by atoms with Crippen LogP contribution in [0.4, 0.5) is 0 Å². The maximum absolute atomic E-state index is 12.9. The fraction of sp³-hybridized carbons (Fsp3) is 0.364. The van der Waals surface area contributed by atoms with Gasteiger partial charge in [-0.05, 0) is 48.2 Å². The Morgan fingerprint density at radius 2 is 1.11 bits per heavy atom. The first-order valence-corrected chi connectivity index (χ1v) is 9.55. The quantitative estimate of drug-likeness (QED) is 0.822. The second-order valence-electron chi connectivity index (χ2n) is 7.04. The van der Waals surface area contributed by atoms with Crippen molar-refractivity contribution in [1.29, 1.82) is 0 Å². The second-order valence-corrected chi connectivity index (χ2v) is 7.04. The molecule has 5 nitrogen and oxygen atoms in total. The van der Waals surface area contributed by atoms with E-state index in [0.717, 1.165) is 25.9 Å². The lowest BCUT2D eigenvalue weighted by molar-refractivity contribution is 0.0303. The zero-order chi connectivity index (χ0) is 18.6. The smallest absolute Gasteiger partial charge is 0.254 e. The molecule has 0 saturated carbocycles. The van der Waals surface area contributed by atoms with Gasteiger partial charge in [0.25, 0.3) is 11.8 Å². The molecule has 2 heterocycles. The molecule has 2 aliphatic rings. The van der Waals surface area contributed by atoms with Gasteiger partial charge in [-0.3, -0.25) is 9.59 Å². The van der Waals surface area contributed by atoms with Crippen LogP contribution in [0.15, 0.2) is 48.5 Å². The van der Waals surface area contributed by atoms with Crippen LogP contribution in [0.3, 0.4) is 0 Å². The third-order valence-corrected chi connectivity index (χ3v) is 5.38. The Kier molecular flexibility index (Phi) is 5.21. The summed E-state index contributed by atoms with van der Waals surface area (Å²) in [5.74, 6) is 0.0377. The van der Waals surface area contributed by atoms with Gasteiger partial charge in [-0.1, -0.05) is 24.3 Å². The summed E-state index contributed by atoms with van der Waals surface area (Å²) in [5.41, 5.74) is 3.93. The number of ether oxygens (including phenoxy) is 1. The van der Waals surface area contributed by atoms with E-state index in [-0.39, 0.29) is 11.8 Å². The van der Waals surface area contributed by atoms with E-state index < -0.39 is 0 Å². The normalized spacial score (nSPS) is 17.2. The first-order valence-electron chi connectivity index (χ1n) is 9.55. The minimum absolute atomic E-state index is 0.00233. The average molecular weight is 364 g/mol. The number of carbonyl (C=O) groups is 2. The van der Waals surface area contributed by atoms with Crippen molar-refractivity contribution < 1.29 is 14.3 Å². The third kappa shape index (κ3) is 3.88. The predicted molar refractivity (Wildman–Crippen MR) is 103 cm³/mol. The fourth-order valence-electron chi connectivity index (χ4n) is 3.76. The monoisotopic (exact) mass is 364 g/mol. The van der Waals surface area contributed by atoms with Crippen molar-refractivity contribution in [3.63, 3.8) is 0 Å². The highest BCUT2D eigenvalue weighted by molar-refractivity contribution is 5.98. The molecule has 2 aromatic carbocycles. The van der Waals surface area contributed by atoms with Crippen LogP contribution in [0.1, 0.15) is 31.8 Å². The molecule has 0 N–H and O–H groups in total. The summed E-state index contributed by atoms with van der Waals surface area (Å²) >= 11 is 0. The molecule has 140 valence electrons. The van der Waals surface area contributed by atoms with Crippen LogP contribution < -0.4 is 0 Å². The van der Waals surface area contributed by atoms with Crippen molar-refractivity contribution in [2.24, 2.45) is 0 Å². The summed E-state index contributed by atoms with van der Waals surface area (Å²) < 4.78 is 5.29. The Bertz CT molecular complexity index is 799. The summed E-state index contributed by atoms with van der Waals surface area (Å²) in [7, 11) is 0. The molecule has 4 rings (SSSR count). The van der Waals surface area contributed by atoms with Crippen LogP contribution in [0, 0.1) is 0 Å². The van der Waals surface area contributed by atoms with Gasteiger partial charge in [0.05, 0.1) is 13.2 Å². The van der Waals surface area contributed by atoms with Gasteiger partial charge in [0.1, 0.15) is 0 Å². The van der Waals surface area contributed by atoms with Gasteiger partial charge in [-0.25, -0.2) is 0 Å². The molecule has 2 amide bonds. The highest BCUT2D eigenvalue weighted by Crippen LogP contribution is 2.18. The molecule has 0 bridgehead atoms. The van der Waals surface area contributed by atoms with Gasteiger partial charge < -0.3 is 14.5 Å². The number of carbonyl (C=O) groups excluding carboxylic acids is 2. The number of benzene rings is 2. The lowest BCUT2D eigenvalue weighted by Crippen LogP contribution is -2.40. The summed E-state index contributed by atoms with van der Waals surface area (Å²) in [6, 6.07) is 15.5. The van der Waals surface area contributed by atoms with E-state index in [1.807, 2.05) is 4.90 Å². The molecule has 0 aliphatic carbocycles. The number of nitrogens with zero attached hydrogens (tertiary/aromatic N) is 2. The van der Waals surface area contributed by atoms with Crippen LogP contribution >= 0.6 is 0 Å². The first-order chi connectivity index (χ1) is 13.2. The number of amides is 2. The molecule has 27 heavy (non-hydrogen) atoms. The van der Waals surface area contributed by atoms with Crippen LogP contribution in [-0.4, -0.2) is 61.0 Å². The summed E-state index contributed by atoms with van der Waals surface area (Å²) in [6.45, 7) is 3.86. The number of hydrogen-bond acceptors (Lipinski definition) is 3. The second kappa shape index (κ2) is 7.92. The first kappa shape index (κ1) is 17.7. The average Bonchev–Trinajstić information content (AvgIpc) is 2.96. The van der Waals surface area contributed by atoms with Gasteiger partial charge in [-0.2, -0.15) is 0 Å². The minimum Gasteiger partial charge on any atom is -0.378 e. The van der Waals surface area contributed by atoms with E-state index in [4.69, 9.17) is 4.74 Å². The largest absolute Gasteiger partial charge is 0.378 e. The highest BCUT2D eigenvalue weighted by Gasteiger charge is 2.21. The highest BCUT2D eigenvalue weighted by atomic mass is 16.5. The number of morpholine rings is 1. The number of fused-ring (bicyclic) bond motifs is 1. The van der Waals surface area contributed by atoms with Crippen molar-refractivity contribution >= 4 is 11.8 Å². The summed E-state index contributed by atoms with van der Waals surface area (Å²) in [5, 5.41) is 0. The fourth-order valence-corrected chi connectivity index (χ4v) is 3.76. The summed E-state index contributed by atoms with van der Waals surface area (Å²) in [6.07, 6.45) is 1.77. The van der Waals surface area contributed by atoms with Gasteiger partial charge in [-0.15, -0.1) is 0 Å². The minimum atomic E-state index is 0.00233. The summed E-state index contributed by atoms with van der Waals surface area (Å²) in [4.78, 5) is 29.1. The molecule has 0 unspecified atom stereocenters. The molecule has 0 spiro atoms. The van der Waals surface area contributed by atoms with Crippen molar-refractivity contribution in [2.75, 3.05) is 39.4 Å². The molecule has 1 fully saturated rings. The van der Waals surface area contributed by atoms with Crippen LogP contribution in [0.5, 0.6) is 0 Å². The lowest BCUT2D eigenvalue weighted by Gasteiger charge is -2.27. The SMILES string of the molecule is O=C(c1ccc(C(=O)N2CCc3ccccc3CC2)cc1)N1CCOCC1. The molecule has 2 aromatic rings. The predicted octanol–water partition coefficient (Wildman–Crippen LogP) is 2.40. The lowest BCUT2D eigenvalue weighted by atomic mass is 10.0. The number of hydrogen-bond donors (Lipinski definition) is 0. The van der Waals surface area contributed by atoms with Crippen molar-refractivity contribution in [3.8, 4) is 0 Å². The Morgan fingerprint density at radius 1 is 0.667 bits per heavy atom. The van der Waals surface area contributed by atoms with Crippen LogP contribution in [0.2, 0.25) is 0 Å². The Balaban J connectivity index is 1.43. The zero-order valence-corrected chi connectivity index (χ0v) is 15.4. The molecule has 0 aromatic heterocycles. The van der Waals surface area contributed by atoms with E-state index in [1.54, 1.807) is 29.2 Å². The molecule has 2 aliphatic heterocycles. The maximum atomic E-state index is 12.9. The Morgan fingerprint density at radius 3 is 1.59 bits per heavy atom. The Labute approximate surface area is 159 Å². The van der Waals surface area contributed by atoms with Crippen molar-refractivity contribution in [3.05, 3.63) is 70.8 Å². The van der Waals surface area contributed by atoms with E-state index in [1.165, 1.54) is 11.1 Å². The standard InChI is InChI=1S/C22H24N2O3/c25-21(23-11-9-17-3-1-2-4-18(17)10-12-23)19-5-7-20(8-6-19)22(26)24-13-15-27-16-14-24/h1-8H,9-16H2. The van der Waals surface area contributed by atoms with Crippen LogP contribution in [0.25, 0.3) is 0 Å². The van der Waals surface area contributed by atoms with E-state index in [9.17, 15) is 9.59 Å². The molecule has 5 heteroatoms. The van der Waals surface area contributed by atoms with Gasteiger partial charge in [0, 0.05) is 37.3 Å². The van der Waals surface area contributed by atoms with Crippen LogP contribution in [-0.2, 0) is 17.6 Å². The third-order valence-electron chi connectivity index (χ3n) is 5.38. The zero-order valence-electron chi connectivity index (χ0n) is 15.4. The van der Waals surface area contributed by atoms with Crippen molar-refractivity contribution in [1.82, 2.24) is 9.80 Å².